The predicted octanol–water partition coefficient (Wildman–Crippen LogP) is 7.15. The second kappa shape index (κ2) is 14.5. The average Bonchev–Trinajstić information content (AvgIpc) is 2.94. The van der Waals surface area contributed by atoms with E-state index in [-0.39, 0.29) is 35.7 Å². The van der Waals surface area contributed by atoms with Crippen molar-refractivity contribution in [1.82, 2.24) is 5.32 Å². The molecule has 0 unspecified atom stereocenters. The number of hydrogen-bond acceptors (Lipinski definition) is 6. The Kier molecular flexibility index (Phi) is 11.6. The fraction of sp³-hybridized carbons (Fsp3) is 0.457. The lowest BCUT2D eigenvalue weighted by Gasteiger charge is -2.40. The maximum Gasteiger partial charge on any atom is 0.309 e. The summed E-state index contributed by atoms with van der Waals surface area (Å²) in [5.74, 6) is 0.435. The lowest BCUT2D eigenvalue weighted by atomic mass is 9.93. The molecule has 0 aromatic heterocycles. The first-order chi connectivity index (χ1) is 19.7. The van der Waals surface area contributed by atoms with Crippen LogP contribution < -0.4 is 10.1 Å². The van der Waals surface area contributed by atoms with E-state index in [4.69, 9.17) is 13.9 Å². The van der Waals surface area contributed by atoms with Crippen LogP contribution in [0.3, 0.4) is 0 Å². The van der Waals surface area contributed by atoms with Gasteiger partial charge in [-0.1, -0.05) is 81.4 Å². The standard InChI is InChI=1S/C35H49NO5Si/c1-34(2,3)42(7,8)41-32(23-36-35(4,5)22-28-16-12-15-27(19-28)20-33(38)39-6)29-17-18-31(30(21-29)24-37)40-25-26-13-10-9-11-14-26/h9-19,21,32,36-37H,20,22-25H2,1-8H3/t32-/m0/s1. The van der Waals surface area contributed by atoms with Crippen LogP contribution in [0.2, 0.25) is 18.1 Å². The third-order valence-electron chi connectivity index (χ3n) is 8.09. The Morgan fingerprint density at radius 1 is 0.905 bits per heavy atom. The van der Waals surface area contributed by atoms with Gasteiger partial charge in [0.2, 0.25) is 0 Å². The molecule has 3 rings (SSSR count). The van der Waals surface area contributed by atoms with Gasteiger partial charge in [0, 0.05) is 17.6 Å². The molecule has 0 fully saturated rings. The van der Waals surface area contributed by atoms with Crippen molar-refractivity contribution in [2.45, 2.75) is 90.4 Å². The lowest BCUT2D eigenvalue weighted by molar-refractivity contribution is -0.139. The number of aliphatic hydroxyl groups is 1. The van der Waals surface area contributed by atoms with Crippen LogP contribution in [0, 0.1) is 0 Å². The van der Waals surface area contributed by atoms with Gasteiger partial charge in [-0.15, -0.1) is 0 Å². The zero-order valence-corrected chi connectivity index (χ0v) is 27.6. The van der Waals surface area contributed by atoms with Gasteiger partial charge in [-0.2, -0.15) is 0 Å². The molecule has 0 amide bonds. The molecule has 0 heterocycles. The third-order valence-corrected chi connectivity index (χ3v) is 12.6. The Bertz CT molecular complexity index is 1300. The number of benzene rings is 3. The van der Waals surface area contributed by atoms with E-state index < -0.39 is 8.32 Å². The molecule has 3 aromatic rings. The zero-order valence-electron chi connectivity index (χ0n) is 26.6. The number of ether oxygens (including phenoxy) is 2. The summed E-state index contributed by atoms with van der Waals surface area (Å²) in [4.78, 5) is 11.8. The summed E-state index contributed by atoms with van der Waals surface area (Å²) >= 11 is 0. The van der Waals surface area contributed by atoms with E-state index in [1.807, 2.05) is 54.6 Å². The number of rotatable bonds is 14. The highest BCUT2D eigenvalue weighted by atomic mass is 28.4. The van der Waals surface area contributed by atoms with Crippen LogP contribution >= 0.6 is 0 Å². The van der Waals surface area contributed by atoms with Crippen LogP contribution in [0.4, 0.5) is 0 Å². The molecule has 228 valence electrons. The molecule has 2 N–H and O–H groups in total. The second-order valence-electron chi connectivity index (χ2n) is 13.2. The fourth-order valence-electron chi connectivity index (χ4n) is 4.59. The van der Waals surface area contributed by atoms with E-state index in [2.05, 4.69) is 71.2 Å². The number of esters is 1. The van der Waals surface area contributed by atoms with Crippen molar-refractivity contribution in [1.29, 1.82) is 0 Å². The van der Waals surface area contributed by atoms with Crippen molar-refractivity contribution in [3.05, 3.63) is 101 Å². The highest BCUT2D eigenvalue weighted by Gasteiger charge is 2.40. The Labute approximate surface area is 253 Å². The number of carbonyl (C=O) groups is 1. The number of carbonyl (C=O) groups excluding carboxylic acids is 1. The van der Waals surface area contributed by atoms with Crippen molar-refractivity contribution in [2.24, 2.45) is 0 Å². The van der Waals surface area contributed by atoms with Crippen molar-refractivity contribution in [3.63, 3.8) is 0 Å². The summed E-state index contributed by atoms with van der Waals surface area (Å²) in [7, 11) is -0.713. The highest BCUT2D eigenvalue weighted by molar-refractivity contribution is 6.74. The summed E-state index contributed by atoms with van der Waals surface area (Å²) in [6, 6.07) is 24.2. The molecule has 0 saturated heterocycles. The van der Waals surface area contributed by atoms with Crippen LogP contribution in [-0.4, -0.2) is 38.6 Å². The largest absolute Gasteiger partial charge is 0.489 e. The van der Waals surface area contributed by atoms with E-state index >= 15 is 0 Å². The van der Waals surface area contributed by atoms with Gasteiger partial charge >= 0.3 is 5.97 Å². The van der Waals surface area contributed by atoms with E-state index in [0.717, 1.165) is 34.2 Å². The van der Waals surface area contributed by atoms with Crippen LogP contribution in [0.15, 0.2) is 72.8 Å². The number of hydrogen-bond donors (Lipinski definition) is 2. The SMILES string of the molecule is COC(=O)Cc1cccc(CC(C)(C)NC[C@H](O[Si](C)(C)C(C)(C)C)c2ccc(OCc3ccccc3)c(CO)c2)c1. The minimum atomic E-state index is -2.13. The van der Waals surface area contributed by atoms with E-state index in [1.54, 1.807) is 0 Å². The van der Waals surface area contributed by atoms with Crippen molar-refractivity contribution in [2.75, 3.05) is 13.7 Å². The van der Waals surface area contributed by atoms with E-state index in [0.29, 0.717) is 18.9 Å². The molecule has 1 atom stereocenters. The van der Waals surface area contributed by atoms with Gasteiger partial charge in [0.1, 0.15) is 12.4 Å². The molecule has 0 saturated carbocycles. The summed E-state index contributed by atoms with van der Waals surface area (Å²) in [5, 5.41) is 14.0. The molecule has 7 heteroatoms. The number of methoxy groups -OCH3 is 1. The first-order valence-corrected chi connectivity index (χ1v) is 17.6. The van der Waals surface area contributed by atoms with Gasteiger partial charge < -0.3 is 24.3 Å². The zero-order chi connectivity index (χ0) is 31.0. The van der Waals surface area contributed by atoms with Gasteiger partial charge in [-0.25, -0.2) is 0 Å². The summed E-state index contributed by atoms with van der Waals surface area (Å²) in [5.41, 5.74) is 4.69. The Balaban J connectivity index is 1.80. The van der Waals surface area contributed by atoms with Crippen molar-refractivity contribution >= 4 is 14.3 Å². The molecule has 3 aromatic carbocycles. The van der Waals surface area contributed by atoms with Crippen LogP contribution in [0.5, 0.6) is 5.75 Å². The monoisotopic (exact) mass is 591 g/mol. The lowest BCUT2D eigenvalue weighted by Crippen LogP contribution is -2.47. The molecule has 6 nitrogen and oxygen atoms in total. The molecule has 42 heavy (non-hydrogen) atoms. The normalized spacial score (nSPS) is 13.1. The number of aliphatic hydroxyl groups excluding tert-OH is 1. The molecule has 0 spiro atoms. The van der Waals surface area contributed by atoms with Gasteiger partial charge in [0.25, 0.3) is 0 Å². The average molecular weight is 592 g/mol. The molecular formula is C35H49NO5Si. The van der Waals surface area contributed by atoms with Gasteiger partial charge in [0.15, 0.2) is 8.32 Å². The maximum atomic E-state index is 11.8. The molecule has 0 aliphatic heterocycles. The molecule has 0 aliphatic rings. The van der Waals surface area contributed by atoms with Gasteiger partial charge in [-0.3, -0.25) is 4.79 Å². The smallest absolute Gasteiger partial charge is 0.309 e. The summed E-state index contributed by atoms with van der Waals surface area (Å²) in [6.45, 7) is 16.6. The maximum absolute atomic E-state index is 11.8. The van der Waals surface area contributed by atoms with Crippen LogP contribution in [-0.2, 0) is 40.0 Å². The van der Waals surface area contributed by atoms with Crippen LogP contribution in [0.1, 0.15) is 68.5 Å². The predicted molar refractivity (Wildman–Crippen MR) is 172 cm³/mol. The first kappa shape index (κ1) is 33.5. The van der Waals surface area contributed by atoms with Gasteiger partial charge in [0.05, 0.1) is 26.2 Å². The van der Waals surface area contributed by atoms with E-state index in [1.165, 1.54) is 7.11 Å². The minimum absolute atomic E-state index is 0.0411. The fourth-order valence-corrected chi connectivity index (χ4v) is 5.87. The highest BCUT2D eigenvalue weighted by Crippen LogP contribution is 2.40. The number of nitrogens with one attached hydrogen (secondary N) is 1. The second-order valence-corrected chi connectivity index (χ2v) is 17.9. The third kappa shape index (κ3) is 9.80. The molecule has 0 bridgehead atoms. The molecule has 0 radical (unpaired) electrons. The Morgan fingerprint density at radius 3 is 2.21 bits per heavy atom. The van der Waals surface area contributed by atoms with E-state index in [9.17, 15) is 9.90 Å². The topological polar surface area (TPSA) is 77.0 Å². The molecular weight excluding hydrogens is 542 g/mol. The Hall–Kier alpha value is -2.97. The van der Waals surface area contributed by atoms with Crippen molar-refractivity contribution < 1.29 is 23.8 Å². The van der Waals surface area contributed by atoms with Crippen molar-refractivity contribution in [3.8, 4) is 5.75 Å². The summed E-state index contributed by atoms with van der Waals surface area (Å²) < 4.78 is 17.9. The quantitative estimate of drug-likeness (QED) is 0.153. The van der Waals surface area contributed by atoms with Crippen LogP contribution in [0.25, 0.3) is 0 Å². The Morgan fingerprint density at radius 2 is 1.57 bits per heavy atom. The molecule has 0 aliphatic carbocycles. The minimum Gasteiger partial charge on any atom is -0.489 e. The van der Waals surface area contributed by atoms with Gasteiger partial charge in [-0.05, 0) is 72.8 Å². The summed E-state index contributed by atoms with van der Waals surface area (Å²) in [6.07, 6.45) is 0.839. The first-order valence-electron chi connectivity index (χ1n) is 14.7.